The summed E-state index contributed by atoms with van der Waals surface area (Å²) < 4.78 is 0. The summed E-state index contributed by atoms with van der Waals surface area (Å²) in [6.07, 6.45) is 5.65. The van der Waals surface area contributed by atoms with Crippen LogP contribution >= 0.6 is 11.6 Å². The predicted octanol–water partition coefficient (Wildman–Crippen LogP) is 2.76. The van der Waals surface area contributed by atoms with Crippen LogP contribution in [0.5, 0.6) is 0 Å². The summed E-state index contributed by atoms with van der Waals surface area (Å²) in [4.78, 5) is 6.42. The molecule has 0 amide bonds. The maximum Gasteiger partial charge on any atom is 0.0712 e. The summed E-state index contributed by atoms with van der Waals surface area (Å²) in [5.74, 6) is 0.681. The van der Waals surface area contributed by atoms with Gasteiger partial charge in [-0.3, -0.25) is 4.98 Å². The molecule has 4 heteroatoms. The largest absolute Gasteiger partial charge is 0.389 e. The quantitative estimate of drug-likeness (QED) is 0.922. The number of likely N-dealkylation sites (tertiary alicyclic amines) is 1. The zero-order valence-corrected chi connectivity index (χ0v) is 12.5. The van der Waals surface area contributed by atoms with E-state index >= 15 is 0 Å². The molecule has 1 aromatic heterocycles. The third-order valence-corrected chi connectivity index (χ3v) is 4.13. The Labute approximate surface area is 120 Å². The van der Waals surface area contributed by atoms with Gasteiger partial charge < -0.3 is 10.0 Å². The molecule has 1 aliphatic heterocycles. The van der Waals surface area contributed by atoms with E-state index in [0.717, 1.165) is 38.0 Å². The van der Waals surface area contributed by atoms with Crippen LogP contribution in [0, 0.1) is 5.92 Å². The van der Waals surface area contributed by atoms with Gasteiger partial charge in [-0.2, -0.15) is 0 Å². The minimum Gasteiger partial charge on any atom is -0.389 e. The van der Waals surface area contributed by atoms with Crippen molar-refractivity contribution in [2.75, 3.05) is 19.6 Å². The molecule has 0 aromatic carbocycles. The first-order valence-corrected chi connectivity index (χ1v) is 7.39. The minimum absolute atomic E-state index is 0.613. The molecular weight excluding hydrogens is 260 g/mol. The van der Waals surface area contributed by atoms with Gasteiger partial charge in [0.2, 0.25) is 0 Å². The van der Waals surface area contributed by atoms with Crippen molar-refractivity contribution in [1.82, 2.24) is 9.88 Å². The van der Waals surface area contributed by atoms with Crippen LogP contribution in [0.2, 0.25) is 5.02 Å². The molecule has 1 aliphatic rings. The highest BCUT2D eigenvalue weighted by Gasteiger charge is 2.32. The van der Waals surface area contributed by atoms with Crippen molar-refractivity contribution < 1.29 is 5.11 Å². The lowest BCUT2D eigenvalue weighted by Gasteiger charge is -2.39. The third-order valence-electron chi connectivity index (χ3n) is 3.79. The smallest absolute Gasteiger partial charge is 0.0712 e. The van der Waals surface area contributed by atoms with Crippen molar-refractivity contribution in [3.63, 3.8) is 0 Å². The molecule has 1 N–H and O–H groups in total. The van der Waals surface area contributed by atoms with E-state index in [0.29, 0.717) is 17.4 Å². The van der Waals surface area contributed by atoms with Gasteiger partial charge in [-0.05, 0) is 30.4 Å². The first-order valence-electron chi connectivity index (χ1n) is 7.02. The molecule has 0 bridgehead atoms. The molecule has 0 saturated carbocycles. The van der Waals surface area contributed by atoms with E-state index in [9.17, 15) is 5.11 Å². The lowest BCUT2D eigenvalue weighted by atomic mass is 9.85. The summed E-state index contributed by atoms with van der Waals surface area (Å²) in [5, 5.41) is 11.3. The van der Waals surface area contributed by atoms with Crippen LogP contribution in [-0.2, 0) is 6.42 Å². The summed E-state index contributed by atoms with van der Waals surface area (Å²) in [6, 6.07) is 1.90. The lowest BCUT2D eigenvalue weighted by molar-refractivity contribution is -0.0227. The second-order valence-electron chi connectivity index (χ2n) is 6.06. The van der Waals surface area contributed by atoms with Gasteiger partial charge in [0.1, 0.15) is 0 Å². The highest BCUT2D eigenvalue weighted by Crippen LogP contribution is 2.29. The van der Waals surface area contributed by atoms with Crippen LogP contribution in [0.25, 0.3) is 0 Å². The molecule has 0 unspecified atom stereocenters. The fourth-order valence-electron chi connectivity index (χ4n) is 2.75. The van der Waals surface area contributed by atoms with Crippen molar-refractivity contribution in [2.45, 2.75) is 38.7 Å². The van der Waals surface area contributed by atoms with Gasteiger partial charge in [-0.1, -0.05) is 25.4 Å². The van der Waals surface area contributed by atoms with E-state index in [1.54, 1.807) is 12.4 Å². The van der Waals surface area contributed by atoms with E-state index in [4.69, 9.17) is 11.6 Å². The summed E-state index contributed by atoms with van der Waals surface area (Å²) in [5.41, 5.74) is 0.384. The van der Waals surface area contributed by atoms with Crippen molar-refractivity contribution in [3.05, 3.63) is 29.0 Å². The van der Waals surface area contributed by atoms with Crippen LogP contribution in [0.3, 0.4) is 0 Å². The average Bonchev–Trinajstić information content (AvgIpc) is 2.35. The Hall–Kier alpha value is -0.640. The van der Waals surface area contributed by atoms with Crippen molar-refractivity contribution >= 4 is 11.6 Å². The van der Waals surface area contributed by atoms with E-state index in [2.05, 4.69) is 23.7 Å². The Morgan fingerprint density at radius 3 is 2.68 bits per heavy atom. The molecule has 3 nitrogen and oxygen atoms in total. The number of aliphatic hydroxyl groups is 1. The second kappa shape index (κ2) is 6.21. The molecule has 0 radical (unpaired) electrons. The highest BCUT2D eigenvalue weighted by molar-refractivity contribution is 6.31. The zero-order valence-electron chi connectivity index (χ0n) is 11.8. The molecule has 19 heavy (non-hydrogen) atoms. The van der Waals surface area contributed by atoms with Gasteiger partial charge in [0.15, 0.2) is 0 Å². The number of halogens is 1. The fourth-order valence-corrected chi connectivity index (χ4v) is 2.93. The van der Waals surface area contributed by atoms with Gasteiger partial charge in [-0.25, -0.2) is 0 Å². The van der Waals surface area contributed by atoms with E-state index in [1.165, 1.54) is 0 Å². The number of nitrogens with zero attached hydrogens (tertiary/aromatic N) is 2. The van der Waals surface area contributed by atoms with Crippen LogP contribution in [0.15, 0.2) is 18.5 Å². The normalized spacial score (nSPS) is 19.8. The number of hydrogen-bond acceptors (Lipinski definition) is 3. The van der Waals surface area contributed by atoms with Crippen LogP contribution < -0.4 is 0 Å². The molecule has 0 aliphatic carbocycles. The summed E-state index contributed by atoms with van der Waals surface area (Å²) in [7, 11) is 0. The van der Waals surface area contributed by atoms with Crippen LogP contribution in [0.1, 0.15) is 32.3 Å². The molecule has 1 aromatic rings. The Morgan fingerprint density at radius 2 is 2.11 bits per heavy atom. The second-order valence-corrected chi connectivity index (χ2v) is 6.47. The van der Waals surface area contributed by atoms with E-state index in [1.807, 2.05) is 6.07 Å². The molecule has 106 valence electrons. The number of aromatic nitrogens is 1. The Kier molecular flexibility index (Phi) is 4.82. The van der Waals surface area contributed by atoms with E-state index in [-0.39, 0.29) is 0 Å². The maximum atomic E-state index is 10.7. The zero-order chi connectivity index (χ0) is 13.9. The molecular formula is C15H23ClN2O. The molecule has 1 fully saturated rings. The highest BCUT2D eigenvalue weighted by atomic mass is 35.5. The average molecular weight is 283 g/mol. The molecule has 2 heterocycles. The van der Waals surface area contributed by atoms with E-state index < -0.39 is 5.60 Å². The topological polar surface area (TPSA) is 36.4 Å². The molecule has 1 saturated heterocycles. The number of hydrogen-bond donors (Lipinski definition) is 1. The number of rotatable bonds is 4. The van der Waals surface area contributed by atoms with Gasteiger partial charge in [0.25, 0.3) is 0 Å². The lowest BCUT2D eigenvalue weighted by Crippen LogP contribution is -2.46. The van der Waals surface area contributed by atoms with Crippen molar-refractivity contribution in [1.29, 1.82) is 0 Å². The monoisotopic (exact) mass is 282 g/mol. The van der Waals surface area contributed by atoms with Gasteiger partial charge >= 0.3 is 0 Å². The maximum absolute atomic E-state index is 10.7. The standard InChI is InChI=1S/C15H23ClN2O/c1-12(2)11-18-7-4-15(19,5-8-18)9-13-3-6-17-10-14(13)16/h3,6,10,12,19H,4-5,7-9,11H2,1-2H3. The summed E-state index contributed by atoms with van der Waals surface area (Å²) in [6.45, 7) is 7.52. The molecule has 0 spiro atoms. The Morgan fingerprint density at radius 1 is 1.42 bits per heavy atom. The number of piperidine rings is 1. The fraction of sp³-hybridized carbons (Fsp3) is 0.667. The minimum atomic E-state index is -0.613. The Bertz CT molecular complexity index is 414. The van der Waals surface area contributed by atoms with Crippen molar-refractivity contribution in [3.8, 4) is 0 Å². The first kappa shape index (κ1) is 14.8. The number of pyridine rings is 1. The molecule has 2 rings (SSSR count). The van der Waals surface area contributed by atoms with Crippen molar-refractivity contribution in [2.24, 2.45) is 5.92 Å². The summed E-state index contributed by atoms with van der Waals surface area (Å²) >= 11 is 6.12. The SMILES string of the molecule is CC(C)CN1CCC(O)(Cc2ccncc2Cl)CC1. The first-order chi connectivity index (χ1) is 8.98. The van der Waals surface area contributed by atoms with Crippen LogP contribution in [-0.4, -0.2) is 40.2 Å². The predicted molar refractivity (Wildman–Crippen MR) is 78.4 cm³/mol. The van der Waals surface area contributed by atoms with Gasteiger partial charge in [0, 0.05) is 38.4 Å². The molecule has 0 atom stereocenters. The van der Waals surface area contributed by atoms with Crippen LogP contribution in [0.4, 0.5) is 0 Å². The third kappa shape index (κ3) is 4.16. The van der Waals surface area contributed by atoms with Gasteiger partial charge in [-0.15, -0.1) is 0 Å². The van der Waals surface area contributed by atoms with Gasteiger partial charge in [0.05, 0.1) is 10.6 Å². The Balaban J connectivity index is 1.93.